The average Bonchev–Trinajstić information content (AvgIpc) is 3.48. The zero-order valence-electron chi connectivity index (χ0n) is 15.4. The molecule has 0 spiro atoms. The summed E-state index contributed by atoms with van der Waals surface area (Å²) in [6.45, 7) is 1.43. The molecule has 0 saturated carbocycles. The molecule has 1 aliphatic rings. The number of carbonyl (C=O) groups excluding carboxylic acids is 2. The highest BCUT2D eigenvalue weighted by Crippen LogP contribution is 2.29. The lowest BCUT2D eigenvalue weighted by molar-refractivity contribution is -0.113. The Morgan fingerprint density at radius 3 is 2.93 bits per heavy atom. The number of hydrogen-bond donors (Lipinski definition) is 2. The second-order valence-corrected chi connectivity index (χ2v) is 9.20. The second-order valence-electron chi connectivity index (χ2n) is 6.39. The smallest absolute Gasteiger partial charge is 0.251 e. The van der Waals surface area contributed by atoms with Crippen LogP contribution in [0.5, 0.6) is 0 Å². The molecule has 0 bridgehead atoms. The number of nitrogens with one attached hydrogen (secondary N) is 1. The molecule has 4 rings (SSSR count). The van der Waals surface area contributed by atoms with Gasteiger partial charge in [0.15, 0.2) is 11.0 Å². The number of primary amides is 1. The molecular weight excluding hydrogens is 430 g/mol. The minimum atomic E-state index is -0.564. The van der Waals surface area contributed by atoms with Gasteiger partial charge in [-0.3, -0.25) is 14.2 Å². The van der Waals surface area contributed by atoms with Gasteiger partial charge in [-0.2, -0.15) is 0 Å². The monoisotopic (exact) mass is 449 g/mol. The number of rotatable bonds is 8. The fraction of sp³-hybridized carbons (Fsp3) is 0.333. The summed E-state index contributed by atoms with van der Waals surface area (Å²) >= 11 is 4.17. The Balaban J connectivity index is 1.47. The summed E-state index contributed by atoms with van der Waals surface area (Å²) in [6, 6.07) is 5.58. The van der Waals surface area contributed by atoms with Gasteiger partial charge >= 0.3 is 0 Å². The summed E-state index contributed by atoms with van der Waals surface area (Å²) in [5.74, 6) is 0.132. The molecule has 0 aromatic carbocycles. The second kappa shape index (κ2) is 9.08. The average molecular weight is 450 g/mol. The van der Waals surface area contributed by atoms with Crippen LogP contribution in [0.4, 0.5) is 5.00 Å². The number of ether oxygens (including phenoxy) is 1. The number of anilines is 1. The largest absolute Gasteiger partial charge is 0.376 e. The normalized spacial score (nSPS) is 16.2. The third kappa shape index (κ3) is 4.69. The predicted octanol–water partition coefficient (Wildman–Crippen LogP) is 3.08. The van der Waals surface area contributed by atoms with Crippen LogP contribution in [0.2, 0.25) is 0 Å². The summed E-state index contributed by atoms with van der Waals surface area (Å²) in [4.78, 5) is 24.8. The van der Waals surface area contributed by atoms with Gasteiger partial charge in [-0.05, 0) is 35.7 Å². The van der Waals surface area contributed by atoms with Crippen molar-refractivity contribution in [3.63, 3.8) is 0 Å². The third-order valence-electron chi connectivity index (χ3n) is 4.38. The quantitative estimate of drug-likeness (QED) is 0.511. The Morgan fingerprint density at radius 2 is 2.21 bits per heavy atom. The highest BCUT2D eigenvalue weighted by molar-refractivity contribution is 7.99. The van der Waals surface area contributed by atoms with Gasteiger partial charge in [-0.15, -0.1) is 32.9 Å². The number of nitrogens with two attached hydrogens (primary N) is 1. The number of aromatic nitrogens is 3. The van der Waals surface area contributed by atoms with Gasteiger partial charge < -0.3 is 15.8 Å². The number of carbonyl (C=O) groups is 2. The third-order valence-corrected chi connectivity index (χ3v) is 7.05. The van der Waals surface area contributed by atoms with Crippen molar-refractivity contribution in [2.75, 3.05) is 17.7 Å². The molecule has 29 heavy (non-hydrogen) atoms. The van der Waals surface area contributed by atoms with E-state index in [-0.39, 0.29) is 17.8 Å². The molecule has 8 nitrogen and oxygen atoms in total. The van der Waals surface area contributed by atoms with E-state index in [9.17, 15) is 9.59 Å². The SMILES string of the molecule is NC(=O)c1ccsc1NC(=O)CSc1nnc(-c2cccs2)n1C[C@@H]1CCCO1. The lowest BCUT2D eigenvalue weighted by Crippen LogP contribution is -2.19. The van der Waals surface area contributed by atoms with Gasteiger partial charge in [-0.1, -0.05) is 17.8 Å². The maximum Gasteiger partial charge on any atom is 0.251 e. The Kier molecular flexibility index (Phi) is 6.28. The summed E-state index contributed by atoms with van der Waals surface area (Å²) in [6.07, 6.45) is 2.18. The van der Waals surface area contributed by atoms with Crippen molar-refractivity contribution >= 4 is 51.3 Å². The Morgan fingerprint density at radius 1 is 1.31 bits per heavy atom. The molecule has 3 N–H and O–H groups in total. The van der Waals surface area contributed by atoms with Crippen LogP contribution < -0.4 is 11.1 Å². The Bertz CT molecular complexity index is 992. The zero-order chi connectivity index (χ0) is 20.2. The first kappa shape index (κ1) is 20.1. The van der Waals surface area contributed by atoms with Crippen molar-refractivity contribution in [3.05, 3.63) is 34.5 Å². The van der Waals surface area contributed by atoms with Crippen molar-refractivity contribution in [1.29, 1.82) is 0 Å². The fourth-order valence-corrected chi connectivity index (χ4v) is 5.31. The molecule has 0 radical (unpaired) electrons. The van der Waals surface area contributed by atoms with E-state index in [4.69, 9.17) is 10.5 Å². The van der Waals surface area contributed by atoms with Crippen LogP contribution in [0.15, 0.2) is 34.1 Å². The molecule has 3 aromatic rings. The van der Waals surface area contributed by atoms with Crippen LogP contribution in [0, 0.1) is 0 Å². The van der Waals surface area contributed by atoms with E-state index in [1.165, 1.54) is 23.1 Å². The standard InChI is InChI=1S/C18H19N5O3S3/c19-15(25)12-5-8-28-17(12)20-14(24)10-29-18-22-21-16(13-4-2-7-27-13)23(18)9-11-3-1-6-26-11/h2,4-5,7-8,11H,1,3,6,9-10H2,(H2,19,25)(H,20,24)/t11-/m0/s1. The molecular formula is C18H19N5O3S3. The molecule has 1 fully saturated rings. The molecule has 1 atom stereocenters. The Labute approximate surface area is 179 Å². The van der Waals surface area contributed by atoms with E-state index in [1.807, 2.05) is 22.1 Å². The van der Waals surface area contributed by atoms with Gasteiger partial charge in [0.2, 0.25) is 5.91 Å². The molecule has 2 amide bonds. The first-order valence-corrected chi connectivity index (χ1v) is 11.7. The lowest BCUT2D eigenvalue weighted by Gasteiger charge is -2.14. The van der Waals surface area contributed by atoms with E-state index < -0.39 is 5.91 Å². The van der Waals surface area contributed by atoms with E-state index >= 15 is 0 Å². The molecule has 0 aliphatic carbocycles. The molecule has 152 valence electrons. The molecule has 1 aliphatic heterocycles. The topological polar surface area (TPSA) is 112 Å². The number of nitrogens with zero attached hydrogens (tertiary/aromatic N) is 3. The highest BCUT2D eigenvalue weighted by Gasteiger charge is 2.23. The van der Waals surface area contributed by atoms with E-state index in [0.717, 1.165) is 30.2 Å². The first-order valence-electron chi connectivity index (χ1n) is 9.00. The summed E-state index contributed by atoms with van der Waals surface area (Å²) in [5, 5.41) is 16.2. The van der Waals surface area contributed by atoms with Gasteiger partial charge in [0.25, 0.3) is 5.91 Å². The van der Waals surface area contributed by atoms with Gasteiger partial charge in [0, 0.05) is 6.61 Å². The van der Waals surface area contributed by atoms with E-state index in [1.54, 1.807) is 22.8 Å². The van der Waals surface area contributed by atoms with Gasteiger partial charge in [0.1, 0.15) is 5.00 Å². The number of amides is 2. The van der Waals surface area contributed by atoms with Gasteiger partial charge in [0.05, 0.1) is 28.8 Å². The maximum absolute atomic E-state index is 12.4. The van der Waals surface area contributed by atoms with E-state index in [2.05, 4.69) is 15.5 Å². The predicted molar refractivity (Wildman–Crippen MR) is 114 cm³/mol. The number of hydrogen-bond acceptors (Lipinski definition) is 8. The van der Waals surface area contributed by atoms with Crippen molar-refractivity contribution in [3.8, 4) is 10.7 Å². The van der Waals surface area contributed by atoms with Crippen LogP contribution in [0.3, 0.4) is 0 Å². The van der Waals surface area contributed by atoms with Gasteiger partial charge in [-0.25, -0.2) is 0 Å². The Hall–Kier alpha value is -2.21. The fourth-order valence-electron chi connectivity index (χ4n) is 3.03. The van der Waals surface area contributed by atoms with E-state index in [0.29, 0.717) is 22.3 Å². The molecule has 0 unspecified atom stereocenters. The first-order chi connectivity index (χ1) is 14.1. The van der Waals surface area contributed by atoms with Crippen molar-refractivity contribution in [2.45, 2.75) is 30.6 Å². The minimum absolute atomic E-state index is 0.127. The van der Waals surface area contributed by atoms with Crippen LogP contribution in [0.1, 0.15) is 23.2 Å². The lowest BCUT2D eigenvalue weighted by atomic mass is 10.2. The highest BCUT2D eigenvalue weighted by atomic mass is 32.2. The molecule has 4 heterocycles. The van der Waals surface area contributed by atoms with Crippen molar-refractivity contribution < 1.29 is 14.3 Å². The molecule has 3 aromatic heterocycles. The van der Waals surface area contributed by atoms with Crippen LogP contribution in [0.25, 0.3) is 10.7 Å². The minimum Gasteiger partial charge on any atom is -0.376 e. The number of thioether (sulfide) groups is 1. The molecule has 1 saturated heterocycles. The summed E-state index contributed by atoms with van der Waals surface area (Å²) in [7, 11) is 0. The molecule has 11 heteroatoms. The van der Waals surface area contributed by atoms with Crippen LogP contribution >= 0.6 is 34.4 Å². The zero-order valence-corrected chi connectivity index (χ0v) is 17.8. The number of thiophene rings is 2. The summed E-state index contributed by atoms with van der Waals surface area (Å²) in [5.41, 5.74) is 5.64. The maximum atomic E-state index is 12.4. The summed E-state index contributed by atoms with van der Waals surface area (Å²) < 4.78 is 7.81. The van der Waals surface area contributed by atoms with Crippen molar-refractivity contribution in [1.82, 2.24) is 14.8 Å². The van der Waals surface area contributed by atoms with Crippen LogP contribution in [-0.2, 0) is 16.1 Å². The van der Waals surface area contributed by atoms with Crippen LogP contribution in [-0.4, -0.2) is 45.0 Å². The van der Waals surface area contributed by atoms with Crippen molar-refractivity contribution in [2.24, 2.45) is 5.73 Å².